The number of urea groups is 1. The number of rotatable bonds is 4. The smallest absolute Gasteiger partial charge is 0.317 e. The van der Waals surface area contributed by atoms with Gasteiger partial charge in [0.15, 0.2) is 0 Å². The number of nitrogens with zero attached hydrogens (tertiary/aromatic N) is 3. The molecule has 2 heterocycles. The van der Waals surface area contributed by atoms with Crippen molar-refractivity contribution >= 4 is 22.5 Å². The lowest BCUT2D eigenvalue weighted by atomic mass is 9.95. The first-order valence-electron chi connectivity index (χ1n) is 10.3. The lowest BCUT2D eigenvalue weighted by Crippen LogP contribution is -2.41. The summed E-state index contributed by atoms with van der Waals surface area (Å²) in [5.41, 5.74) is 3.33. The Balaban J connectivity index is 1.54. The number of benzene rings is 2. The molecule has 2 aromatic carbocycles. The summed E-state index contributed by atoms with van der Waals surface area (Å²) in [5.74, 6) is 0. The van der Waals surface area contributed by atoms with Crippen LogP contribution in [0.4, 0.5) is 10.5 Å². The van der Waals surface area contributed by atoms with Crippen LogP contribution in [0.15, 0.2) is 60.9 Å². The van der Waals surface area contributed by atoms with Gasteiger partial charge in [0.05, 0.1) is 11.7 Å². The van der Waals surface area contributed by atoms with Gasteiger partial charge in [0.1, 0.15) is 0 Å². The summed E-state index contributed by atoms with van der Waals surface area (Å²) in [7, 11) is 4.15. The number of likely N-dealkylation sites (tertiary alicyclic amines) is 1. The van der Waals surface area contributed by atoms with Gasteiger partial charge >= 0.3 is 6.03 Å². The minimum absolute atomic E-state index is 0.0311. The molecule has 1 fully saturated rings. The molecule has 1 atom stereocenters. The van der Waals surface area contributed by atoms with Crippen LogP contribution in [0, 0.1) is 0 Å². The van der Waals surface area contributed by atoms with Crippen molar-refractivity contribution in [2.75, 3.05) is 26.0 Å². The van der Waals surface area contributed by atoms with E-state index >= 15 is 0 Å². The second-order valence-corrected chi connectivity index (χ2v) is 8.02. The van der Waals surface area contributed by atoms with E-state index in [0.717, 1.165) is 48.8 Å². The molecule has 2 amide bonds. The molecule has 4 rings (SSSR count). The van der Waals surface area contributed by atoms with E-state index in [1.807, 2.05) is 35.4 Å². The number of hydrogen-bond donors (Lipinski definition) is 1. The molecule has 0 bridgehead atoms. The number of anilines is 1. The zero-order valence-electron chi connectivity index (χ0n) is 17.1. The third-order valence-electron chi connectivity index (χ3n) is 5.55. The number of piperidine rings is 1. The second-order valence-electron chi connectivity index (χ2n) is 8.02. The Bertz CT molecular complexity index is 978. The molecular formula is C24H28N4O. The molecule has 3 aromatic rings. The van der Waals surface area contributed by atoms with Gasteiger partial charge in [-0.1, -0.05) is 36.4 Å². The Morgan fingerprint density at radius 1 is 1.14 bits per heavy atom. The van der Waals surface area contributed by atoms with Crippen LogP contribution in [0.1, 0.15) is 36.4 Å². The van der Waals surface area contributed by atoms with Gasteiger partial charge < -0.3 is 15.1 Å². The maximum atomic E-state index is 13.2. The fourth-order valence-corrected chi connectivity index (χ4v) is 4.15. The highest BCUT2D eigenvalue weighted by Crippen LogP contribution is 2.32. The largest absolute Gasteiger partial charge is 0.322 e. The van der Waals surface area contributed by atoms with E-state index in [0.29, 0.717) is 0 Å². The van der Waals surface area contributed by atoms with E-state index in [-0.39, 0.29) is 12.1 Å². The van der Waals surface area contributed by atoms with Gasteiger partial charge in [0.25, 0.3) is 0 Å². The van der Waals surface area contributed by atoms with E-state index in [9.17, 15) is 4.79 Å². The molecule has 1 N–H and O–H groups in total. The van der Waals surface area contributed by atoms with Gasteiger partial charge in [-0.25, -0.2) is 4.79 Å². The van der Waals surface area contributed by atoms with E-state index in [4.69, 9.17) is 0 Å². The fourth-order valence-electron chi connectivity index (χ4n) is 4.15. The van der Waals surface area contributed by atoms with Crippen LogP contribution in [0.3, 0.4) is 0 Å². The predicted molar refractivity (Wildman–Crippen MR) is 118 cm³/mol. The average Bonchev–Trinajstić information content (AvgIpc) is 2.74. The normalized spacial score (nSPS) is 16.9. The van der Waals surface area contributed by atoms with Crippen molar-refractivity contribution in [3.8, 4) is 0 Å². The maximum Gasteiger partial charge on any atom is 0.322 e. The van der Waals surface area contributed by atoms with Crippen LogP contribution in [0.2, 0.25) is 0 Å². The molecule has 1 saturated heterocycles. The van der Waals surface area contributed by atoms with Crippen LogP contribution in [-0.4, -0.2) is 41.5 Å². The lowest BCUT2D eigenvalue weighted by Gasteiger charge is -2.36. The maximum absolute atomic E-state index is 13.2. The zero-order valence-corrected chi connectivity index (χ0v) is 17.1. The summed E-state index contributed by atoms with van der Waals surface area (Å²) in [5, 5.41) is 5.18. The zero-order chi connectivity index (χ0) is 20.2. The Kier molecular flexibility index (Phi) is 5.76. The Morgan fingerprint density at radius 2 is 1.97 bits per heavy atom. The number of amides is 2. The molecule has 0 saturated carbocycles. The predicted octanol–water partition coefficient (Wildman–Crippen LogP) is 5.06. The minimum Gasteiger partial charge on any atom is -0.317 e. The molecule has 1 aliphatic heterocycles. The first-order chi connectivity index (χ1) is 14.1. The molecule has 5 heteroatoms. The number of aromatic nitrogens is 1. The number of nitrogens with one attached hydrogen (secondary N) is 1. The fraction of sp³-hybridized carbons (Fsp3) is 0.333. The van der Waals surface area contributed by atoms with E-state index in [1.165, 1.54) is 11.1 Å². The molecule has 150 valence electrons. The van der Waals surface area contributed by atoms with Crippen molar-refractivity contribution in [3.63, 3.8) is 0 Å². The van der Waals surface area contributed by atoms with Crippen LogP contribution >= 0.6 is 0 Å². The van der Waals surface area contributed by atoms with Crippen LogP contribution in [-0.2, 0) is 6.54 Å². The highest BCUT2D eigenvalue weighted by molar-refractivity contribution is 6.01. The van der Waals surface area contributed by atoms with Gasteiger partial charge in [0.2, 0.25) is 0 Å². The Labute approximate surface area is 172 Å². The van der Waals surface area contributed by atoms with Crippen molar-refractivity contribution in [2.24, 2.45) is 0 Å². The molecule has 1 aliphatic rings. The van der Waals surface area contributed by atoms with Crippen molar-refractivity contribution in [2.45, 2.75) is 31.8 Å². The Morgan fingerprint density at radius 3 is 2.76 bits per heavy atom. The van der Waals surface area contributed by atoms with Crippen LogP contribution in [0.5, 0.6) is 0 Å². The van der Waals surface area contributed by atoms with E-state index in [2.05, 4.69) is 53.6 Å². The van der Waals surface area contributed by atoms with E-state index in [1.54, 1.807) is 6.20 Å². The number of carbonyl (C=O) groups is 1. The van der Waals surface area contributed by atoms with Crippen molar-refractivity contribution in [1.29, 1.82) is 0 Å². The highest BCUT2D eigenvalue weighted by atomic mass is 16.2. The topological polar surface area (TPSA) is 48.5 Å². The number of fused-ring (bicyclic) bond motifs is 1. The molecular weight excluding hydrogens is 360 g/mol. The summed E-state index contributed by atoms with van der Waals surface area (Å²) >= 11 is 0. The third kappa shape index (κ3) is 4.40. The number of pyridine rings is 1. The Hall–Kier alpha value is -2.92. The summed E-state index contributed by atoms with van der Waals surface area (Å²) < 4.78 is 0. The third-order valence-corrected chi connectivity index (χ3v) is 5.55. The minimum atomic E-state index is -0.0311. The van der Waals surface area contributed by atoms with Crippen LogP contribution in [0.25, 0.3) is 10.8 Å². The highest BCUT2D eigenvalue weighted by Gasteiger charge is 2.28. The summed E-state index contributed by atoms with van der Waals surface area (Å²) in [6.45, 7) is 1.70. The molecule has 0 spiro atoms. The van der Waals surface area contributed by atoms with E-state index < -0.39 is 0 Å². The standard InChI is InChI=1S/C24H28N4O/c1-27(2)17-18-9-11-19(12-10-18)23-8-3-4-15-28(23)24(29)26-22-7-5-6-20-16-25-14-13-21(20)22/h5-7,9-14,16,23H,3-4,8,15,17H2,1-2H3,(H,26,29)/t23-/m0/s1. The van der Waals surface area contributed by atoms with Crippen molar-refractivity contribution in [1.82, 2.24) is 14.8 Å². The summed E-state index contributed by atoms with van der Waals surface area (Å²) in [6.07, 6.45) is 6.77. The number of hydrogen-bond acceptors (Lipinski definition) is 3. The second kappa shape index (κ2) is 8.62. The molecule has 29 heavy (non-hydrogen) atoms. The summed E-state index contributed by atoms with van der Waals surface area (Å²) in [4.78, 5) is 21.5. The summed E-state index contributed by atoms with van der Waals surface area (Å²) in [6, 6.07) is 16.7. The van der Waals surface area contributed by atoms with Crippen molar-refractivity contribution in [3.05, 3.63) is 72.1 Å². The van der Waals surface area contributed by atoms with Gasteiger partial charge in [-0.2, -0.15) is 0 Å². The monoisotopic (exact) mass is 388 g/mol. The first kappa shape index (κ1) is 19.4. The quantitative estimate of drug-likeness (QED) is 0.680. The van der Waals surface area contributed by atoms with Crippen molar-refractivity contribution < 1.29 is 4.79 Å². The lowest BCUT2D eigenvalue weighted by molar-refractivity contribution is 0.163. The molecule has 5 nitrogen and oxygen atoms in total. The van der Waals surface area contributed by atoms with Gasteiger partial charge in [0, 0.05) is 36.3 Å². The molecule has 1 aromatic heterocycles. The van der Waals surface area contributed by atoms with Gasteiger partial charge in [-0.3, -0.25) is 4.98 Å². The number of carbonyl (C=O) groups excluding carboxylic acids is 1. The molecule has 0 unspecified atom stereocenters. The first-order valence-corrected chi connectivity index (χ1v) is 10.3. The van der Waals surface area contributed by atoms with Gasteiger partial charge in [-0.05, 0) is 56.6 Å². The SMILES string of the molecule is CN(C)Cc1ccc([C@@H]2CCCCN2C(=O)Nc2cccc3cnccc23)cc1. The molecule has 0 aliphatic carbocycles. The molecule has 0 radical (unpaired) electrons. The van der Waals surface area contributed by atoms with Gasteiger partial charge in [-0.15, -0.1) is 0 Å². The van der Waals surface area contributed by atoms with Crippen LogP contribution < -0.4 is 5.32 Å². The average molecular weight is 389 g/mol.